The lowest BCUT2D eigenvalue weighted by atomic mass is 10.00. The van der Waals surface area contributed by atoms with Crippen LogP contribution in [0.1, 0.15) is 28.4 Å². The van der Waals surface area contributed by atoms with Crippen LogP contribution in [0.5, 0.6) is 5.75 Å². The Morgan fingerprint density at radius 3 is 3.09 bits per heavy atom. The van der Waals surface area contributed by atoms with Crippen molar-refractivity contribution in [3.8, 4) is 5.75 Å². The number of anilines is 1. The first kappa shape index (κ1) is 14.7. The van der Waals surface area contributed by atoms with Gasteiger partial charge in [-0.1, -0.05) is 23.7 Å². The van der Waals surface area contributed by atoms with E-state index in [9.17, 15) is 4.79 Å². The van der Waals surface area contributed by atoms with Gasteiger partial charge in [-0.3, -0.25) is 4.79 Å². The van der Waals surface area contributed by atoms with Crippen molar-refractivity contribution in [2.24, 2.45) is 0 Å². The van der Waals surface area contributed by atoms with Gasteiger partial charge in [-0.2, -0.15) is 0 Å². The third-order valence-electron chi connectivity index (χ3n) is 3.61. The van der Waals surface area contributed by atoms with Gasteiger partial charge in [0.15, 0.2) is 0 Å². The second-order valence-corrected chi connectivity index (χ2v) is 5.41. The average Bonchev–Trinajstić information content (AvgIpc) is 2.56. The number of carbonyl (C=O) groups is 1. The lowest BCUT2D eigenvalue weighted by molar-refractivity contribution is 0.0924. The van der Waals surface area contributed by atoms with Gasteiger partial charge in [-0.15, -0.1) is 0 Å². The molecule has 0 bridgehead atoms. The van der Waals surface area contributed by atoms with E-state index in [0.717, 1.165) is 5.56 Å². The van der Waals surface area contributed by atoms with E-state index in [2.05, 4.69) is 15.6 Å². The quantitative estimate of drug-likeness (QED) is 0.913. The molecule has 0 fully saturated rings. The molecular formula is C16H16ClN3O2. The summed E-state index contributed by atoms with van der Waals surface area (Å²) in [5.41, 5.74) is 1.48. The number of hydrogen-bond donors (Lipinski definition) is 2. The van der Waals surface area contributed by atoms with Gasteiger partial charge in [0.1, 0.15) is 11.6 Å². The lowest BCUT2D eigenvalue weighted by Gasteiger charge is -2.27. The number of rotatable bonds is 3. The van der Waals surface area contributed by atoms with E-state index in [1.807, 2.05) is 12.1 Å². The molecule has 5 nitrogen and oxygen atoms in total. The molecule has 1 aliphatic rings. The summed E-state index contributed by atoms with van der Waals surface area (Å²) in [5, 5.41) is 6.52. The SMILES string of the molecule is CNc1cc(C(=O)NC2CCOc3c(Cl)cccc32)ccn1. The van der Waals surface area contributed by atoms with Crippen LogP contribution in [-0.4, -0.2) is 24.5 Å². The number of carbonyl (C=O) groups excluding carboxylic acids is 1. The van der Waals surface area contributed by atoms with Gasteiger partial charge in [0, 0.05) is 30.8 Å². The number of para-hydroxylation sites is 1. The lowest BCUT2D eigenvalue weighted by Crippen LogP contribution is -2.32. The Bertz CT molecular complexity index is 706. The van der Waals surface area contributed by atoms with E-state index < -0.39 is 0 Å². The van der Waals surface area contributed by atoms with Crippen molar-refractivity contribution in [1.29, 1.82) is 0 Å². The number of ether oxygens (including phenoxy) is 1. The smallest absolute Gasteiger partial charge is 0.251 e. The molecule has 1 atom stereocenters. The minimum absolute atomic E-state index is 0.110. The number of hydrogen-bond acceptors (Lipinski definition) is 4. The topological polar surface area (TPSA) is 63.2 Å². The number of amides is 1. The van der Waals surface area contributed by atoms with E-state index in [-0.39, 0.29) is 11.9 Å². The maximum Gasteiger partial charge on any atom is 0.251 e. The van der Waals surface area contributed by atoms with Crippen molar-refractivity contribution in [3.63, 3.8) is 0 Å². The van der Waals surface area contributed by atoms with Crippen LogP contribution in [0.3, 0.4) is 0 Å². The normalized spacial score (nSPS) is 16.4. The first-order valence-electron chi connectivity index (χ1n) is 7.05. The molecule has 2 aromatic rings. The zero-order valence-corrected chi connectivity index (χ0v) is 12.9. The number of nitrogens with zero attached hydrogens (tertiary/aromatic N) is 1. The molecule has 0 spiro atoms. The van der Waals surface area contributed by atoms with Crippen molar-refractivity contribution >= 4 is 23.3 Å². The standard InChI is InChI=1S/C16H16ClN3O2/c1-18-14-9-10(5-7-19-14)16(21)20-13-6-8-22-15-11(13)3-2-4-12(15)17/h2-5,7,9,13H,6,8H2,1H3,(H,18,19)(H,20,21). The summed E-state index contributed by atoms with van der Waals surface area (Å²) < 4.78 is 5.61. The van der Waals surface area contributed by atoms with Gasteiger partial charge in [-0.25, -0.2) is 4.98 Å². The monoisotopic (exact) mass is 317 g/mol. The highest BCUT2D eigenvalue weighted by Crippen LogP contribution is 2.37. The average molecular weight is 318 g/mol. The Morgan fingerprint density at radius 2 is 2.27 bits per heavy atom. The molecule has 1 unspecified atom stereocenters. The number of fused-ring (bicyclic) bond motifs is 1. The van der Waals surface area contributed by atoms with Crippen molar-refractivity contribution in [2.45, 2.75) is 12.5 Å². The zero-order valence-electron chi connectivity index (χ0n) is 12.1. The van der Waals surface area contributed by atoms with E-state index >= 15 is 0 Å². The number of pyridine rings is 1. The summed E-state index contributed by atoms with van der Waals surface area (Å²) in [6, 6.07) is 8.87. The fraction of sp³-hybridized carbons (Fsp3) is 0.250. The number of aromatic nitrogens is 1. The van der Waals surface area contributed by atoms with E-state index in [1.54, 1.807) is 31.4 Å². The molecule has 0 saturated heterocycles. The van der Waals surface area contributed by atoms with E-state index in [0.29, 0.717) is 35.2 Å². The van der Waals surface area contributed by atoms with E-state index in [4.69, 9.17) is 16.3 Å². The van der Waals surface area contributed by atoms with Gasteiger partial charge in [0.05, 0.1) is 17.7 Å². The highest BCUT2D eigenvalue weighted by atomic mass is 35.5. The number of halogens is 1. The van der Waals surface area contributed by atoms with Gasteiger partial charge >= 0.3 is 0 Å². The van der Waals surface area contributed by atoms with Crippen LogP contribution in [0.4, 0.5) is 5.82 Å². The molecule has 0 saturated carbocycles. The fourth-order valence-corrected chi connectivity index (χ4v) is 2.72. The van der Waals surface area contributed by atoms with Gasteiger partial charge in [0.2, 0.25) is 0 Å². The molecular weight excluding hydrogens is 302 g/mol. The fourth-order valence-electron chi connectivity index (χ4n) is 2.49. The second-order valence-electron chi connectivity index (χ2n) is 5.00. The minimum Gasteiger partial charge on any atom is -0.492 e. The van der Waals surface area contributed by atoms with Gasteiger partial charge in [0.25, 0.3) is 5.91 Å². The first-order valence-corrected chi connectivity index (χ1v) is 7.42. The molecule has 1 aromatic heterocycles. The maximum atomic E-state index is 12.4. The van der Waals surface area contributed by atoms with Crippen LogP contribution in [0, 0.1) is 0 Å². The van der Waals surface area contributed by atoms with Crippen LogP contribution in [0.25, 0.3) is 0 Å². The summed E-state index contributed by atoms with van der Waals surface area (Å²) in [4.78, 5) is 16.5. The maximum absolute atomic E-state index is 12.4. The zero-order chi connectivity index (χ0) is 15.5. The Balaban J connectivity index is 1.82. The van der Waals surface area contributed by atoms with Crippen LogP contribution in [-0.2, 0) is 0 Å². The Hall–Kier alpha value is -2.27. The number of benzene rings is 1. The van der Waals surface area contributed by atoms with Crippen LogP contribution < -0.4 is 15.4 Å². The molecule has 2 N–H and O–H groups in total. The molecule has 114 valence electrons. The Kier molecular flexibility index (Phi) is 4.15. The van der Waals surface area contributed by atoms with Crippen molar-refractivity contribution in [1.82, 2.24) is 10.3 Å². The summed E-state index contributed by atoms with van der Waals surface area (Å²) in [5.74, 6) is 1.17. The molecule has 22 heavy (non-hydrogen) atoms. The first-order chi connectivity index (χ1) is 10.7. The predicted octanol–water partition coefficient (Wildman–Crippen LogP) is 3.03. The van der Waals surface area contributed by atoms with Crippen molar-refractivity contribution in [2.75, 3.05) is 19.0 Å². The molecule has 0 radical (unpaired) electrons. The molecule has 0 aliphatic carbocycles. The third kappa shape index (κ3) is 2.85. The van der Waals surface area contributed by atoms with Crippen LogP contribution >= 0.6 is 11.6 Å². The van der Waals surface area contributed by atoms with Gasteiger partial charge in [-0.05, 0) is 18.2 Å². The molecule has 3 rings (SSSR count). The molecule has 1 aromatic carbocycles. The Labute approximate surface area is 133 Å². The molecule has 1 amide bonds. The van der Waals surface area contributed by atoms with Crippen LogP contribution in [0.15, 0.2) is 36.5 Å². The van der Waals surface area contributed by atoms with E-state index in [1.165, 1.54) is 0 Å². The third-order valence-corrected chi connectivity index (χ3v) is 3.91. The highest BCUT2D eigenvalue weighted by Gasteiger charge is 2.25. The summed E-state index contributed by atoms with van der Waals surface area (Å²) in [6.45, 7) is 0.528. The molecule has 6 heteroatoms. The van der Waals surface area contributed by atoms with Gasteiger partial charge < -0.3 is 15.4 Å². The molecule has 1 aliphatic heterocycles. The highest BCUT2D eigenvalue weighted by molar-refractivity contribution is 6.32. The summed E-state index contributed by atoms with van der Waals surface area (Å²) in [7, 11) is 1.76. The minimum atomic E-state index is -0.142. The molecule has 2 heterocycles. The summed E-state index contributed by atoms with van der Waals surface area (Å²) in [6.07, 6.45) is 2.32. The number of nitrogens with one attached hydrogen (secondary N) is 2. The summed E-state index contributed by atoms with van der Waals surface area (Å²) >= 11 is 6.15. The van der Waals surface area contributed by atoms with Crippen molar-refractivity contribution in [3.05, 3.63) is 52.7 Å². The Morgan fingerprint density at radius 1 is 1.41 bits per heavy atom. The van der Waals surface area contributed by atoms with Crippen molar-refractivity contribution < 1.29 is 9.53 Å². The second kappa shape index (κ2) is 6.23. The largest absolute Gasteiger partial charge is 0.492 e. The predicted molar refractivity (Wildman–Crippen MR) is 85.6 cm³/mol. The van der Waals surface area contributed by atoms with Crippen LogP contribution in [0.2, 0.25) is 5.02 Å².